The van der Waals surface area contributed by atoms with Crippen molar-refractivity contribution >= 4 is 11.6 Å². The average Bonchev–Trinajstić information content (AvgIpc) is 2.46. The molecule has 2 aromatic rings. The lowest BCUT2D eigenvalue weighted by Crippen LogP contribution is -2.19. The first-order valence-corrected chi connectivity index (χ1v) is 5.57. The Hall–Kier alpha value is -2.49. The zero-order chi connectivity index (χ0) is 12.8. The highest BCUT2D eigenvalue weighted by Crippen LogP contribution is 2.00. The summed E-state index contributed by atoms with van der Waals surface area (Å²) in [5.74, 6) is -0.265. The Bertz CT molecular complexity index is 550. The van der Waals surface area contributed by atoms with Crippen LogP contribution in [0.2, 0.25) is 0 Å². The molecule has 1 aromatic carbocycles. The SMILES string of the molecule is C/C(=N/NC(=O)c1cccnc1)c1ccccc1. The van der Waals surface area contributed by atoms with Crippen LogP contribution in [0.5, 0.6) is 0 Å². The summed E-state index contributed by atoms with van der Waals surface area (Å²) in [4.78, 5) is 15.6. The van der Waals surface area contributed by atoms with Gasteiger partial charge in [0.05, 0.1) is 11.3 Å². The van der Waals surface area contributed by atoms with E-state index < -0.39 is 0 Å². The Morgan fingerprint density at radius 3 is 2.50 bits per heavy atom. The Labute approximate surface area is 105 Å². The van der Waals surface area contributed by atoms with Gasteiger partial charge in [-0.1, -0.05) is 30.3 Å². The number of rotatable bonds is 3. The van der Waals surface area contributed by atoms with Gasteiger partial charge in [0, 0.05) is 12.4 Å². The van der Waals surface area contributed by atoms with Crippen LogP contribution >= 0.6 is 0 Å². The van der Waals surface area contributed by atoms with Crippen molar-refractivity contribution in [3.63, 3.8) is 0 Å². The molecule has 90 valence electrons. The predicted octanol–water partition coefficient (Wildman–Crippen LogP) is 2.24. The van der Waals surface area contributed by atoms with E-state index in [1.165, 1.54) is 6.20 Å². The van der Waals surface area contributed by atoms with Crippen molar-refractivity contribution in [3.8, 4) is 0 Å². The number of carbonyl (C=O) groups is 1. The minimum absolute atomic E-state index is 0.265. The maximum absolute atomic E-state index is 11.7. The van der Waals surface area contributed by atoms with Gasteiger partial charge < -0.3 is 0 Å². The number of hydrogen-bond acceptors (Lipinski definition) is 3. The minimum Gasteiger partial charge on any atom is -0.267 e. The van der Waals surface area contributed by atoms with Gasteiger partial charge in [-0.15, -0.1) is 0 Å². The summed E-state index contributed by atoms with van der Waals surface area (Å²) in [5, 5.41) is 4.06. The molecule has 18 heavy (non-hydrogen) atoms. The van der Waals surface area contributed by atoms with Crippen molar-refractivity contribution in [1.82, 2.24) is 10.4 Å². The number of nitrogens with zero attached hydrogens (tertiary/aromatic N) is 2. The average molecular weight is 239 g/mol. The Kier molecular flexibility index (Phi) is 3.81. The smallest absolute Gasteiger partial charge is 0.267 e. The fraction of sp³-hybridized carbons (Fsp3) is 0.0714. The van der Waals surface area contributed by atoms with Crippen LogP contribution in [-0.2, 0) is 0 Å². The molecule has 0 bridgehead atoms. The van der Waals surface area contributed by atoms with Crippen LogP contribution in [0, 0.1) is 0 Å². The highest BCUT2D eigenvalue weighted by Gasteiger charge is 2.03. The molecule has 0 saturated carbocycles. The highest BCUT2D eigenvalue weighted by molar-refractivity contribution is 6.00. The molecule has 0 aliphatic heterocycles. The maximum atomic E-state index is 11.7. The van der Waals surface area contributed by atoms with Gasteiger partial charge in [0.2, 0.25) is 0 Å². The molecular weight excluding hydrogens is 226 g/mol. The number of benzene rings is 1. The fourth-order valence-electron chi connectivity index (χ4n) is 1.44. The van der Waals surface area contributed by atoms with E-state index in [-0.39, 0.29) is 5.91 Å². The molecule has 1 aromatic heterocycles. The summed E-state index contributed by atoms with van der Waals surface area (Å²) in [6.07, 6.45) is 3.12. The van der Waals surface area contributed by atoms with E-state index >= 15 is 0 Å². The third-order valence-corrected chi connectivity index (χ3v) is 2.44. The number of hydrogen-bond donors (Lipinski definition) is 1. The van der Waals surface area contributed by atoms with Crippen LogP contribution in [0.3, 0.4) is 0 Å². The lowest BCUT2D eigenvalue weighted by Gasteiger charge is -2.02. The number of aromatic nitrogens is 1. The van der Waals surface area contributed by atoms with Gasteiger partial charge in [-0.3, -0.25) is 9.78 Å². The van der Waals surface area contributed by atoms with Crippen LogP contribution in [0.4, 0.5) is 0 Å². The van der Waals surface area contributed by atoms with Crippen molar-refractivity contribution < 1.29 is 4.79 Å². The molecule has 0 spiro atoms. The second-order valence-corrected chi connectivity index (χ2v) is 3.75. The van der Waals surface area contributed by atoms with E-state index in [1.807, 2.05) is 37.3 Å². The van der Waals surface area contributed by atoms with Crippen molar-refractivity contribution in [3.05, 3.63) is 66.0 Å². The van der Waals surface area contributed by atoms with E-state index in [0.29, 0.717) is 5.56 Å². The van der Waals surface area contributed by atoms with Crippen molar-refractivity contribution in [2.75, 3.05) is 0 Å². The molecule has 4 heteroatoms. The van der Waals surface area contributed by atoms with E-state index in [0.717, 1.165) is 11.3 Å². The van der Waals surface area contributed by atoms with Crippen LogP contribution in [0.25, 0.3) is 0 Å². The molecule has 1 heterocycles. The normalized spacial score (nSPS) is 11.1. The first-order chi connectivity index (χ1) is 8.77. The molecule has 0 aliphatic rings. The fourth-order valence-corrected chi connectivity index (χ4v) is 1.44. The summed E-state index contributed by atoms with van der Waals surface area (Å²) in [6, 6.07) is 13.1. The topological polar surface area (TPSA) is 54.4 Å². The molecule has 1 amide bonds. The van der Waals surface area contributed by atoms with Crippen molar-refractivity contribution in [2.45, 2.75) is 6.92 Å². The summed E-state index contributed by atoms with van der Waals surface area (Å²) in [6.45, 7) is 1.85. The largest absolute Gasteiger partial charge is 0.272 e. The number of amides is 1. The third-order valence-electron chi connectivity index (χ3n) is 2.44. The number of pyridine rings is 1. The summed E-state index contributed by atoms with van der Waals surface area (Å²) >= 11 is 0. The first kappa shape index (κ1) is 12.0. The molecule has 0 saturated heterocycles. The zero-order valence-electron chi connectivity index (χ0n) is 10.00. The van der Waals surface area contributed by atoms with Crippen molar-refractivity contribution in [2.24, 2.45) is 5.10 Å². The van der Waals surface area contributed by atoms with Gasteiger partial charge in [0.1, 0.15) is 0 Å². The highest BCUT2D eigenvalue weighted by atomic mass is 16.2. The third kappa shape index (κ3) is 3.01. The summed E-state index contributed by atoms with van der Waals surface area (Å²) < 4.78 is 0. The van der Waals surface area contributed by atoms with Gasteiger partial charge >= 0.3 is 0 Å². The molecule has 0 aliphatic carbocycles. The number of nitrogens with one attached hydrogen (secondary N) is 1. The lowest BCUT2D eigenvalue weighted by molar-refractivity contribution is 0.0954. The van der Waals surface area contributed by atoms with E-state index in [4.69, 9.17) is 0 Å². The van der Waals surface area contributed by atoms with Crippen LogP contribution < -0.4 is 5.43 Å². The number of hydrazone groups is 1. The Balaban J connectivity index is 2.05. The second kappa shape index (κ2) is 5.72. The quantitative estimate of drug-likeness (QED) is 0.659. The molecule has 0 fully saturated rings. The molecular formula is C14H13N3O. The second-order valence-electron chi connectivity index (χ2n) is 3.75. The molecule has 0 unspecified atom stereocenters. The minimum atomic E-state index is -0.265. The standard InChI is InChI=1S/C14H13N3O/c1-11(12-6-3-2-4-7-12)16-17-14(18)13-8-5-9-15-10-13/h2-10H,1H3,(H,17,18)/b16-11-. The van der Waals surface area contributed by atoms with E-state index in [9.17, 15) is 4.79 Å². The first-order valence-electron chi connectivity index (χ1n) is 5.57. The van der Waals surface area contributed by atoms with E-state index in [1.54, 1.807) is 18.3 Å². The summed E-state index contributed by atoms with van der Waals surface area (Å²) in [5.41, 5.74) is 4.73. The van der Waals surface area contributed by atoms with Gasteiger partial charge in [0.15, 0.2) is 0 Å². The van der Waals surface area contributed by atoms with Gasteiger partial charge in [0.25, 0.3) is 5.91 Å². The van der Waals surface area contributed by atoms with Crippen molar-refractivity contribution in [1.29, 1.82) is 0 Å². The molecule has 4 nitrogen and oxygen atoms in total. The zero-order valence-corrected chi connectivity index (χ0v) is 10.00. The van der Waals surface area contributed by atoms with Crippen LogP contribution in [0.15, 0.2) is 60.0 Å². The van der Waals surface area contributed by atoms with Gasteiger partial charge in [-0.2, -0.15) is 5.10 Å². The maximum Gasteiger partial charge on any atom is 0.272 e. The summed E-state index contributed by atoms with van der Waals surface area (Å²) in [7, 11) is 0. The predicted molar refractivity (Wildman–Crippen MR) is 70.4 cm³/mol. The molecule has 1 N–H and O–H groups in total. The molecule has 0 atom stereocenters. The Morgan fingerprint density at radius 2 is 1.83 bits per heavy atom. The van der Waals surface area contributed by atoms with Crippen LogP contribution in [-0.4, -0.2) is 16.6 Å². The van der Waals surface area contributed by atoms with E-state index in [2.05, 4.69) is 15.5 Å². The monoisotopic (exact) mass is 239 g/mol. The molecule has 2 rings (SSSR count). The van der Waals surface area contributed by atoms with Crippen LogP contribution in [0.1, 0.15) is 22.8 Å². The number of carbonyl (C=O) groups excluding carboxylic acids is 1. The van der Waals surface area contributed by atoms with Gasteiger partial charge in [-0.05, 0) is 24.6 Å². The molecule has 0 radical (unpaired) electrons. The Morgan fingerprint density at radius 1 is 1.11 bits per heavy atom. The lowest BCUT2D eigenvalue weighted by atomic mass is 10.1. The van der Waals surface area contributed by atoms with Gasteiger partial charge in [-0.25, -0.2) is 5.43 Å².